The van der Waals surface area contributed by atoms with Gasteiger partial charge in [0.2, 0.25) is 5.91 Å². The summed E-state index contributed by atoms with van der Waals surface area (Å²) in [6.07, 6.45) is -0.105. The van der Waals surface area contributed by atoms with Gasteiger partial charge in [-0.2, -0.15) is 0 Å². The molecule has 0 aliphatic rings. The van der Waals surface area contributed by atoms with Crippen LogP contribution in [-0.2, 0) is 4.79 Å². The lowest BCUT2D eigenvalue weighted by Crippen LogP contribution is -2.20. The summed E-state index contributed by atoms with van der Waals surface area (Å²) in [6, 6.07) is 6.78. The number of nitrogens with one attached hydrogen (secondary N) is 2. The zero-order valence-electron chi connectivity index (χ0n) is 7.38. The lowest BCUT2D eigenvalue weighted by Gasteiger charge is -2.04. The van der Waals surface area contributed by atoms with Crippen LogP contribution in [0.3, 0.4) is 0 Å². The Morgan fingerprint density at radius 1 is 1.57 bits per heavy atom. The Hall–Kier alpha value is -1.55. The molecule has 0 bridgehead atoms. The Kier molecular flexibility index (Phi) is 3.48. The average Bonchev–Trinajstić information content (AvgIpc) is 2.01. The molecular formula is C9H10ClN3O. The first-order chi connectivity index (χ1) is 6.58. The maximum Gasteiger partial charge on any atom is 0.231 e. The standard InChI is InChI=1S/C9H10ClN3O/c10-6-2-1-3-7(4-6)13-9(14)5-8(11)12/h1-4H,5H2,(H3,11,12)(H,13,14). The van der Waals surface area contributed by atoms with Crippen molar-refractivity contribution in [2.24, 2.45) is 5.73 Å². The SMILES string of the molecule is N=C(N)CC(=O)Nc1cccc(Cl)c1. The zero-order valence-corrected chi connectivity index (χ0v) is 8.14. The molecule has 14 heavy (non-hydrogen) atoms. The molecule has 0 saturated carbocycles. The molecule has 1 aromatic rings. The molecule has 1 rings (SSSR count). The third-order valence-corrected chi connectivity index (χ3v) is 1.69. The van der Waals surface area contributed by atoms with Crippen LogP contribution in [-0.4, -0.2) is 11.7 Å². The fraction of sp³-hybridized carbons (Fsp3) is 0.111. The van der Waals surface area contributed by atoms with E-state index in [4.69, 9.17) is 22.7 Å². The second-order valence-corrected chi connectivity index (χ2v) is 3.20. The van der Waals surface area contributed by atoms with E-state index in [-0.39, 0.29) is 18.2 Å². The van der Waals surface area contributed by atoms with Gasteiger partial charge in [0.05, 0.1) is 6.42 Å². The van der Waals surface area contributed by atoms with E-state index in [0.29, 0.717) is 10.7 Å². The van der Waals surface area contributed by atoms with Gasteiger partial charge in [-0.05, 0) is 18.2 Å². The highest BCUT2D eigenvalue weighted by Gasteiger charge is 2.03. The highest BCUT2D eigenvalue weighted by molar-refractivity contribution is 6.30. The second-order valence-electron chi connectivity index (χ2n) is 2.76. The molecule has 0 spiro atoms. The Morgan fingerprint density at radius 2 is 2.29 bits per heavy atom. The number of hydrogen-bond acceptors (Lipinski definition) is 2. The largest absolute Gasteiger partial charge is 0.387 e. The highest BCUT2D eigenvalue weighted by Crippen LogP contribution is 2.14. The first kappa shape index (κ1) is 10.5. The van der Waals surface area contributed by atoms with Crippen molar-refractivity contribution in [1.29, 1.82) is 5.41 Å². The van der Waals surface area contributed by atoms with Crippen LogP contribution in [0.15, 0.2) is 24.3 Å². The molecule has 0 saturated heterocycles. The van der Waals surface area contributed by atoms with Crippen LogP contribution in [0.4, 0.5) is 5.69 Å². The van der Waals surface area contributed by atoms with E-state index < -0.39 is 0 Å². The van der Waals surface area contributed by atoms with E-state index in [1.807, 2.05) is 0 Å². The molecule has 0 heterocycles. The van der Waals surface area contributed by atoms with Crippen molar-refractivity contribution in [2.75, 3.05) is 5.32 Å². The lowest BCUT2D eigenvalue weighted by atomic mass is 10.3. The van der Waals surface area contributed by atoms with E-state index in [9.17, 15) is 4.79 Å². The molecule has 0 fully saturated rings. The maximum absolute atomic E-state index is 11.2. The van der Waals surface area contributed by atoms with E-state index in [1.165, 1.54) is 0 Å². The van der Waals surface area contributed by atoms with Gasteiger partial charge >= 0.3 is 0 Å². The molecule has 74 valence electrons. The van der Waals surface area contributed by atoms with Crippen LogP contribution in [0.2, 0.25) is 5.02 Å². The number of hydrogen-bond donors (Lipinski definition) is 3. The van der Waals surface area contributed by atoms with Gasteiger partial charge in [0, 0.05) is 10.7 Å². The van der Waals surface area contributed by atoms with Gasteiger partial charge in [-0.3, -0.25) is 10.2 Å². The minimum atomic E-state index is -0.320. The van der Waals surface area contributed by atoms with Crippen LogP contribution in [0.1, 0.15) is 6.42 Å². The van der Waals surface area contributed by atoms with Crippen LogP contribution in [0.5, 0.6) is 0 Å². The molecule has 0 aliphatic heterocycles. The molecule has 0 aliphatic carbocycles. The number of rotatable bonds is 3. The predicted octanol–water partition coefficient (Wildman–Crippen LogP) is 1.60. The fourth-order valence-electron chi connectivity index (χ4n) is 0.944. The summed E-state index contributed by atoms with van der Waals surface area (Å²) >= 11 is 5.72. The Morgan fingerprint density at radius 3 is 2.86 bits per heavy atom. The van der Waals surface area contributed by atoms with Crippen LogP contribution >= 0.6 is 11.6 Å². The predicted molar refractivity (Wildman–Crippen MR) is 56.6 cm³/mol. The Bertz CT molecular complexity index is 365. The Balaban J connectivity index is 2.60. The van der Waals surface area contributed by atoms with E-state index >= 15 is 0 Å². The lowest BCUT2D eigenvalue weighted by molar-refractivity contribution is -0.115. The topological polar surface area (TPSA) is 79.0 Å². The summed E-state index contributed by atoms with van der Waals surface area (Å²) in [5, 5.41) is 10.0. The van der Waals surface area contributed by atoms with Gasteiger partial charge in [-0.15, -0.1) is 0 Å². The quantitative estimate of drug-likeness (QED) is 0.525. The Labute approximate surface area is 86.6 Å². The summed E-state index contributed by atoms with van der Waals surface area (Å²) < 4.78 is 0. The minimum Gasteiger partial charge on any atom is -0.387 e. The summed E-state index contributed by atoms with van der Waals surface area (Å²) in [6.45, 7) is 0. The van der Waals surface area contributed by atoms with Crippen molar-refractivity contribution in [3.63, 3.8) is 0 Å². The van der Waals surface area contributed by atoms with Crippen molar-refractivity contribution in [3.05, 3.63) is 29.3 Å². The van der Waals surface area contributed by atoms with Crippen molar-refractivity contribution in [3.8, 4) is 0 Å². The first-order valence-corrected chi connectivity index (χ1v) is 4.34. The number of carbonyl (C=O) groups excluding carboxylic acids is 1. The second kappa shape index (κ2) is 4.62. The normalized spacial score (nSPS) is 9.50. The number of benzene rings is 1. The zero-order chi connectivity index (χ0) is 10.6. The number of anilines is 1. The summed E-state index contributed by atoms with van der Waals surface area (Å²) in [5.41, 5.74) is 5.67. The van der Waals surface area contributed by atoms with Crippen molar-refractivity contribution >= 4 is 29.0 Å². The monoisotopic (exact) mass is 211 g/mol. The molecular weight excluding hydrogens is 202 g/mol. The van der Waals surface area contributed by atoms with E-state index in [1.54, 1.807) is 24.3 Å². The summed E-state index contributed by atoms with van der Waals surface area (Å²) in [4.78, 5) is 11.2. The highest BCUT2D eigenvalue weighted by atomic mass is 35.5. The molecule has 0 aromatic heterocycles. The smallest absolute Gasteiger partial charge is 0.231 e. The molecule has 0 unspecified atom stereocenters. The number of amides is 1. The van der Waals surface area contributed by atoms with Crippen LogP contribution in [0, 0.1) is 5.41 Å². The molecule has 1 amide bonds. The fourth-order valence-corrected chi connectivity index (χ4v) is 1.13. The van der Waals surface area contributed by atoms with Crippen molar-refractivity contribution in [1.82, 2.24) is 0 Å². The van der Waals surface area contributed by atoms with E-state index in [2.05, 4.69) is 5.32 Å². The molecule has 0 atom stereocenters. The van der Waals surface area contributed by atoms with Crippen LogP contribution in [0.25, 0.3) is 0 Å². The molecule has 4 nitrogen and oxygen atoms in total. The third kappa shape index (κ3) is 3.45. The van der Waals surface area contributed by atoms with Gasteiger partial charge in [0.15, 0.2) is 0 Å². The van der Waals surface area contributed by atoms with E-state index in [0.717, 1.165) is 0 Å². The number of halogens is 1. The minimum absolute atomic E-state index is 0.105. The first-order valence-electron chi connectivity index (χ1n) is 3.96. The third-order valence-electron chi connectivity index (χ3n) is 1.46. The molecule has 1 aromatic carbocycles. The summed E-state index contributed by atoms with van der Waals surface area (Å²) in [5.74, 6) is -0.482. The average molecular weight is 212 g/mol. The van der Waals surface area contributed by atoms with Gasteiger partial charge in [-0.1, -0.05) is 17.7 Å². The van der Waals surface area contributed by atoms with Gasteiger partial charge < -0.3 is 11.1 Å². The number of nitrogens with two attached hydrogens (primary N) is 1. The van der Waals surface area contributed by atoms with Gasteiger partial charge in [0.25, 0.3) is 0 Å². The molecule has 0 radical (unpaired) electrons. The molecule has 5 heteroatoms. The van der Waals surface area contributed by atoms with Crippen molar-refractivity contribution in [2.45, 2.75) is 6.42 Å². The summed E-state index contributed by atoms with van der Waals surface area (Å²) in [7, 11) is 0. The van der Waals surface area contributed by atoms with Gasteiger partial charge in [0.1, 0.15) is 5.84 Å². The maximum atomic E-state index is 11.2. The van der Waals surface area contributed by atoms with Gasteiger partial charge in [-0.25, -0.2) is 0 Å². The number of amidine groups is 1. The van der Waals surface area contributed by atoms with Crippen molar-refractivity contribution < 1.29 is 4.79 Å². The molecule has 4 N–H and O–H groups in total. The number of carbonyl (C=O) groups is 1. The van der Waals surface area contributed by atoms with Crippen LogP contribution < -0.4 is 11.1 Å².